The molecule has 3 rings (SSSR count). The van der Waals surface area contributed by atoms with E-state index in [-0.39, 0.29) is 13.2 Å². The molecule has 0 bridgehead atoms. The first kappa shape index (κ1) is 24.7. The average Bonchev–Trinajstić information content (AvgIpc) is 3.18. The Morgan fingerprint density at radius 1 is 0.939 bits per heavy atom. The molecule has 0 aliphatic rings. The van der Waals surface area contributed by atoms with Crippen molar-refractivity contribution in [2.24, 2.45) is 0 Å². The maximum absolute atomic E-state index is 13.2. The first-order chi connectivity index (χ1) is 16.0. The van der Waals surface area contributed by atoms with E-state index in [0.717, 1.165) is 23.2 Å². The molecule has 0 spiro atoms. The summed E-state index contributed by atoms with van der Waals surface area (Å²) < 4.78 is 18.9. The van der Waals surface area contributed by atoms with Gasteiger partial charge in [-0.25, -0.2) is 9.59 Å². The van der Waals surface area contributed by atoms with Gasteiger partial charge in [-0.2, -0.15) is 0 Å². The zero-order chi connectivity index (χ0) is 24.0. The van der Waals surface area contributed by atoms with Crippen LogP contribution in [0.25, 0.3) is 5.52 Å². The summed E-state index contributed by atoms with van der Waals surface area (Å²) in [5, 5.41) is 0. The maximum Gasteiger partial charge on any atom is 0.356 e. The Labute approximate surface area is 199 Å². The monoisotopic (exact) mass is 469 g/mol. The summed E-state index contributed by atoms with van der Waals surface area (Å²) in [6.07, 6.45) is 3.28. The van der Waals surface area contributed by atoms with E-state index in [0.29, 0.717) is 40.4 Å². The van der Waals surface area contributed by atoms with E-state index in [1.165, 1.54) is 11.8 Å². The van der Waals surface area contributed by atoms with Crippen LogP contribution in [0.3, 0.4) is 0 Å². The number of aromatic nitrogens is 1. The lowest BCUT2D eigenvalue weighted by atomic mass is 10.1. The molecule has 7 heteroatoms. The van der Waals surface area contributed by atoms with Crippen LogP contribution < -0.4 is 4.74 Å². The van der Waals surface area contributed by atoms with Gasteiger partial charge in [0.25, 0.3) is 0 Å². The normalized spacial score (nSPS) is 10.9. The minimum absolute atomic E-state index is 0.229. The van der Waals surface area contributed by atoms with Crippen LogP contribution in [-0.2, 0) is 28.9 Å². The molecule has 0 saturated heterocycles. The fourth-order valence-corrected chi connectivity index (χ4v) is 4.77. The third-order valence-corrected chi connectivity index (χ3v) is 6.22. The van der Waals surface area contributed by atoms with Crippen molar-refractivity contribution in [3.63, 3.8) is 0 Å². The van der Waals surface area contributed by atoms with Crippen LogP contribution >= 0.6 is 11.8 Å². The minimum Gasteiger partial charge on any atom is -0.487 e. The molecule has 3 aromatic rings. The summed E-state index contributed by atoms with van der Waals surface area (Å²) in [6.45, 7) is 8.44. The van der Waals surface area contributed by atoms with Crippen molar-refractivity contribution < 1.29 is 23.8 Å². The van der Waals surface area contributed by atoms with Crippen molar-refractivity contribution in [2.45, 2.75) is 52.0 Å². The van der Waals surface area contributed by atoms with Crippen molar-refractivity contribution in [3.8, 4) is 5.75 Å². The van der Waals surface area contributed by atoms with Gasteiger partial charge in [-0.3, -0.25) is 0 Å². The quantitative estimate of drug-likeness (QED) is 0.280. The molecule has 0 atom stereocenters. The smallest absolute Gasteiger partial charge is 0.356 e. The van der Waals surface area contributed by atoms with Crippen LogP contribution in [0.1, 0.15) is 65.4 Å². The van der Waals surface area contributed by atoms with Crippen LogP contribution in [0.4, 0.5) is 0 Å². The number of hydrogen-bond donors (Lipinski definition) is 0. The fraction of sp³-hybridized carbons (Fsp3) is 0.385. The maximum atomic E-state index is 13.2. The highest BCUT2D eigenvalue weighted by Crippen LogP contribution is 2.40. The molecule has 0 N–H and O–H groups in total. The third kappa shape index (κ3) is 4.88. The van der Waals surface area contributed by atoms with Crippen LogP contribution in [0, 0.1) is 0 Å². The number of rotatable bonds is 10. The molecule has 1 aromatic carbocycles. The molecule has 0 saturated carbocycles. The lowest BCUT2D eigenvalue weighted by Crippen LogP contribution is -2.13. The lowest BCUT2D eigenvalue weighted by Gasteiger charge is -2.17. The number of pyridine rings is 1. The van der Waals surface area contributed by atoms with Gasteiger partial charge >= 0.3 is 11.9 Å². The van der Waals surface area contributed by atoms with E-state index in [1.807, 2.05) is 54.0 Å². The molecule has 2 heterocycles. The molecular formula is C26H31NO5S. The summed E-state index contributed by atoms with van der Waals surface area (Å²) in [5.41, 5.74) is 4.25. The van der Waals surface area contributed by atoms with Gasteiger partial charge in [-0.05, 0) is 50.1 Å². The van der Waals surface area contributed by atoms with E-state index in [9.17, 15) is 9.59 Å². The van der Waals surface area contributed by atoms with E-state index in [4.69, 9.17) is 14.2 Å². The number of esters is 2. The van der Waals surface area contributed by atoms with Crippen LogP contribution in [-0.4, -0.2) is 35.8 Å². The number of aryl methyl sites for hydroxylation is 2. The van der Waals surface area contributed by atoms with Gasteiger partial charge in [-0.1, -0.05) is 44.2 Å². The highest BCUT2D eigenvalue weighted by atomic mass is 32.2. The second-order valence-electron chi connectivity index (χ2n) is 7.34. The fourth-order valence-electron chi connectivity index (χ4n) is 4.02. The number of hydrogen-bond acceptors (Lipinski definition) is 6. The predicted molar refractivity (Wildman–Crippen MR) is 131 cm³/mol. The van der Waals surface area contributed by atoms with Gasteiger partial charge in [-0.15, -0.1) is 11.8 Å². The SMILES string of the molecule is CCOC(=O)c1c(SC)c(C(=O)OCC)n2c(CC)c(CC)cc(OCc3ccccc3)c12. The van der Waals surface area contributed by atoms with Crippen LogP contribution in [0.15, 0.2) is 41.3 Å². The molecule has 0 amide bonds. The number of thioether (sulfide) groups is 1. The Bertz CT molecular complexity index is 1140. The van der Waals surface area contributed by atoms with E-state index < -0.39 is 11.9 Å². The highest BCUT2D eigenvalue weighted by molar-refractivity contribution is 7.98. The minimum atomic E-state index is -0.481. The Kier molecular flexibility index (Phi) is 8.44. The molecule has 0 radical (unpaired) electrons. The molecule has 33 heavy (non-hydrogen) atoms. The number of fused-ring (bicyclic) bond motifs is 1. The zero-order valence-corrected chi connectivity index (χ0v) is 20.7. The number of carbonyl (C=O) groups is 2. The number of benzene rings is 1. The summed E-state index contributed by atoms with van der Waals surface area (Å²) >= 11 is 1.33. The Balaban J connectivity index is 2.37. The molecular weight excluding hydrogens is 438 g/mol. The molecule has 2 aromatic heterocycles. The first-order valence-electron chi connectivity index (χ1n) is 11.3. The highest BCUT2D eigenvalue weighted by Gasteiger charge is 2.32. The van der Waals surface area contributed by atoms with Gasteiger partial charge in [0.2, 0.25) is 0 Å². The van der Waals surface area contributed by atoms with Crippen LogP contribution in [0.5, 0.6) is 5.75 Å². The second kappa shape index (κ2) is 11.3. The lowest BCUT2D eigenvalue weighted by molar-refractivity contribution is 0.0513. The molecule has 0 aliphatic heterocycles. The van der Waals surface area contributed by atoms with Crippen molar-refractivity contribution >= 4 is 29.2 Å². The van der Waals surface area contributed by atoms with Crippen LogP contribution in [0.2, 0.25) is 0 Å². The molecule has 0 aliphatic carbocycles. The van der Waals surface area contributed by atoms with Crippen molar-refractivity contribution in [2.75, 3.05) is 19.5 Å². The second-order valence-corrected chi connectivity index (χ2v) is 8.16. The van der Waals surface area contributed by atoms with E-state index >= 15 is 0 Å². The van der Waals surface area contributed by atoms with Crippen molar-refractivity contribution in [1.29, 1.82) is 0 Å². The summed E-state index contributed by atoms with van der Waals surface area (Å²) in [5.74, 6) is -0.406. The molecule has 0 fully saturated rings. The Hall–Kier alpha value is -2.93. The van der Waals surface area contributed by atoms with Gasteiger partial charge in [0, 0.05) is 5.69 Å². The molecule has 176 valence electrons. The van der Waals surface area contributed by atoms with Gasteiger partial charge in [0.1, 0.15) is 29.1 Å². The standard InChI is InChI=1S/C26H31NO5S/c1-6-18-15-20(32-16-17-13-11-10-12-14-17)22-21(25(28)30-8-3)24(33-5)23(26(29)31-9-4)27(22)19(18)7-2/h10-15H,6-9,16H2,1-5H3. The number of ether oxygens (including phenoxy) is 3. The molecule has 0 unspecified atom stereocenters. The number of nitrogens with zero attached hydrogens (tertiary/aromatic N) is 1. The predicted octanol–water partition coefficient (Wildman–Crippen LogP) is 5.72. The third-order valence-electron chi connectivity index (χ3n) is 5.41. The summed E-state index contributed by atoms with van der Waals surface area (Å²) in [6, 6.07) is 11.8. The van der Waals surface area contributed by atoms with E-state index in [2.05, 4.69) is 6.92 Å². The summed E-state index contributed by atoms with van der Waals surface area (Å²) in [7, 11) is 0. The Morgan fingerprint density at radius 2 is 1.61 bits per heavy atom. The number of carbonyl (C=O) groups excluding carboxylic acids is 2. The van der Waals surface area contributed by atoms with E-state index in [1.54, 1.807) is 13.8 Å². The summed E-state index contributed by atoms with van der Waals surface area (Å²) in [4.78, 5) is 26.8. The average molecular weight is 470 g/mol. The zero-order valence-electron chi connectivity index (χ0n) is 19.9. The van der Waals surface area contributed by atoms with Gasteiger partial charge < -0.3 is 18.6 Å². The first-order valence-corrected chi connectivity index (χ1v) is 12.5. The topological polar surface area (TPSA) is 66.2 Å². The van der Waals surface area contributed by atoms with Gasteiger partial charge in [0.05, 0.1) is 18.1 Å². The van der Waals surface area contributed by atoms with Gasteiger partial charge in [0.15, 0.2) is 0 Å². The van der Waals surface area contributed by atoms with Crippen molar-refractivity contribution in [1.82, 2.24) is 4.40 Å². The van der Waals surface area contributed by atoms with Crippen molar-refractivity contribution in [3.05, 3.63) is 64.5 Å². The molecule has 6 nitrogen and oxygen atoms in total. The Morgan fingerprint density at radius 3 is 2.18 bits per heavy atom. The largest absolute Gasteiger partial charge is 0.487 e.